The third kappa shape index (κ3) is 5.86. The molecule has 0 spiro atoms. The Morgan fingerprint density at radius 3 is 2.32 bits per heavy atom. The van der Waals surface area contributed by atoms with Gasteiger partial charge >= 0.3 is 0 Å². The highest BCUT2D eigenvalue weighted by Gasteiger charge is 2.47. The molecule has 0 radical (unpaired) electrons. The number of aromatic nitrogens is 1. The van der Waals surface area contributed by atoms with Gasteiger partial charge < -0.3 is 10.2 Å². The van der Waals surface area contributed by atoms with E-state index in [1.54, 1.807) is 0 Å². The van der Waals surface area contributed by atoms with Crippen LogP contribution in [0.5, 0.6) is 0 Å². The van der Waals surface area contributed by atoms with Crippen molar-refractivity contribution in [2.24, 2.45) is 5.92 Å². The van der Waals surface area contributed by atoms with Crippen LogP contribution in [0.15, 0.2) is 42.5 Å². The first kappa shape index (κ1) is 27.8. The maximum Gasteiger partial charge on any atom is 0.225 e. The summed E-state index contributed by atoms with van der Waals surface area (Å²) in [5.41, 5.74) is 2.09. The Hall–Kier alpha value is -3.36. The van der Waals surface area contributed by atoms with E-state index >= 15 is 0 Å². The van der Waals surface area contributed by atoms with Crippen molar-refractivity contribution < 1.29 is 22.0 Å². The maximum atomic E-state index is 14.1. The van der Waals surface area contributed by atoms with E-state index in [2.05, 4.69) is 11.4 Å². The summed E-state index contributed by atoms with van der Waals surface area (Å²) in [4.78, 5) is 21.2. The normalized spacial score (nSPS) is 23.0. The summed E-state index contributed by atoms with van der Waals surface area (Å²) in [5.74, 6) is -1.83. The number of hydrogen-bond acceptors (Lipinski definition) is 7. The van der Waals surface area contributed by atoms with E-state index in [0.29, 0.717) is 42.9 Å². The maximum absolute atomic E-state index is 14.1. The number of rotatable bonds is 6. The SMILES string of the molecule is N#CC1(NC(=O)[C@@H]2CCCC[C@H]2c2nc(-c3cc(F)cc(F)c3)sc2-c2ccc(N3CCS(=O)(=O)CC3)cc2)CC1. The van der Waals surface area contributed by atoms with Gasteiger partial charge in [0.25, 0.3) is 0 Å². The molecule has 3 fully saturated rings. The van der Waals surface area contributed by atoms with Gasteiger partial charge in [0.2, 0.25) is 5.91 Å². The van der Waals surface area contributed by atoms with Gasteiger partial charge in [-0.15, -0.1) is 11.3 Å². The summed E-state index contributed by atoms with van der Waals surface area (Å²) < 4.78 is 52.0. The highest BCUT2D eigenvalue weighted by molar-refractivity contribution is 7.91. The van der Waals surface area contributed by atoms with Crippen molar-refractivity contribution in [1.82, 2.24) is 10.3 Å². The largest absolute Gasteiger partial charge is 0.369 e. The lowest BCUT2D eigenvalue weighted by molar-refractivity contribution is -0.127. The van der Waals surface area contributed by atoms with Crippen molar-refractivity contribution in [2.75, 3.05) is 29.5 Å². The molecule has 6 rings (SSSR count). The van der Waals surface area contributed by atoms with Crippen molar-refractivity contribution in [3.63, 3.8) is 0 Å². The van der Waals surface area contributed by atoms with Crippen molar-refractivity contribution in [3.8, 4) is 27.1 Å². The molecule has 2 aliphatic carbocycles. The number of sulfone groups is 1. The van der Waals surface area contributed by atoms with E-state index in [1.807, 2.05) is 29.2 Å². The van der Waals surface area contributed by atoms with Crippen LogP contribution in [-0.2, 0) is 14.6 Å². The standard InChI is InChI=1S/C30H30F2N4O3S2/c31-21-15-20(16-22(32)17-21)29-34-26(24-3-1-2-4-25(24)28(37)35-30(18-33)9-10-30)27(40-29)19-5-7-23(8-6-19)36-11-13-41(38,39)14-12-36/h5-8,15-17,24-25H,1-4,9-14H2,(H,35,37)/t24-,25-/m1/s1. The minimum Gasteiger partial charge on any atom is -0.369 e. The van der Waals surface area contributed by atoms with E-state index in [9.17, 15) is 27.3 Å². The molecule has 11 heteroatoms. The average Bonchev–Trinajstić information content (AvgIpc) is 3.59. The first-order valence-electron chi connectivity index (χ1n) is 13.9. The number of hydrogen-bond donors (Lipinski definition) is 1. The second-order valence-corrected chi connectivity index (χ2v) is 14.6. The molecule has 214 valence electrons. The van der Waals surface area contributed by atoms with Crippen LogP contribution in [0.2, 0.25) is 0 Å². The number of amides is 1. The van der Waals surface area contributed by atoms with Gasteiger partial charge in [0, 0.05) is 42.2 Å². The fourth-order valence-corrected chi connectivity index (χ4v) is 8.21. The summed E-state index contributed by atoms with van der Waals surface area (Å²) in [6.45, 7) is 0.873. The van der Waals surface area contributed by atoms with Crippen molar-refractivity contribution >= 4 is 32.8 Å². The van der Waals surface area contributed by atoms with Crippen LogP contribution in [0.4, 0.5) is 14.5 Å². The lowest BCUT2D eigenvalue weighted by Gasteiger charge is -2.31. The third-order valence-electron chi connectivity index (χ3n) is 8.38. The van der Waals surface area contributed by atoms with Gasteiger partial charge in [-0.05, 0) is 55.5 Å². The molecular formula is C30H30F2N4O3S2. The minimum absolute atomic E-state index is 0.125. The number of nitrogens with one attached hydrogen (secondary N) is 1. The molecule has 1 saturated heterocycles. The Kier molecular flexibility index (Phi) is 7.32. The molecule has 1 amide bonds. The number of nitriles is 1. The molecule has 7 nitrogen and oxygen atoms in total. The van der Waals surface area contributed by atoms with E-state index in [4.69, 9.17) is 4.98 Å². The summed E-state index contributed by atoms with van der Waals surface area (Å²) in [6, 6.07) is 13.4. The fourth-order valence-electron chi connectivity index (χ4n) is 5.88. The van der Waals surface area contributed by atoms with E-state index in [-0.39, 0.29) is 29.2 Å². The molecule has 0 unspecified atom stereocenters. The monoisotopic (exact) mass is 596 g/mol. The molecular weight excluding hydrogens is 566 g/mol. The number of nitrogens with zero attached hydrogens (tertiary/aromatic N) is 3. The Morgan fingerprint density at radius 1 is 1.02 bits per heavy atom. The summed E-state index contributed by atoms with van der Waals surface area (Å²) in [5, 5.41) is 13.0. The molecule has 2 saturated carbocycles. The van der Waals surface area contributed by atoms with Gasteiger partial charge in [0.1, 0.15) is 22.2 Å². The molecule has 1 aliphatic heterocycles. The molecule has 2 aromatic carbocycles. The second kappa shape index (κ2) is 10.8. The zero-order valence-corrected chi connectivity index (χ0v) is 24.0. The Labute approximate surface area is 242 Å². The number of carbonyl (C=O) groups excluding carboxylic acids is 1. The highest BCUT2D eigenvalue weighted by atomic mass is 32.2. The summed E-state index contributed by atoms with van der Waals surface area (Å²) in [7, 11) is -3.00. The Balaban J connectivity index is 1.37. The molecule has 1 N–H and O–H groups in total. The molecule has 1 aromatic heterocycles. The molecule has 3 aromatic rings. The predicted octanol–water partition coefficient (Wildman–Crippen LogP) is 5.44. The second-order valence-electron chi connectivity index (χ2n) is 11.3. The van der Waals surface area contributed by atoms with Crippen molar-refractivity contribution in [1.29, 1.82) is 5.26 Å². The van der Waals surface area contributed by atoms with Gasteiger partial charge in [-0.25, -0.2) is 22.2 Å². The van der Waals surface area contributed by atoms with Crippen LogP contribution in [0.3, 0.4) is 0 Å². The third-order valence-corrected chi connectivity index (χ3v) is 11.2. The van der Waals surface area contributed by atoms with Gasteiger partial charge in [-0.2, -0.15) is 5.26 Å². The van der Waals surface area contributed by atoms with Crippen LogP contribution in [-0.4, -0.2) is 49.4 Å². The van der Waals surface area contributed by atoms with Crippen LogP contribution >= 0.6 is 11.3 Å². The van der Waals surface area contributed by atoms with Gasteiger partial charge in [0.15, 0.2) is 9.84 Å². The first-order chi connectivity index (χ1) is 19.7. The Bertz CT molecular complexity index is 1590. The highest BCUT2D eigenvalue weighted by Crippen LogP contribution is 2.47. The smallest absolute Gasteiger partial charge is 0.225 e. The zero-order chi connectivity index (χ0) is 28.8. The fraction of sp³-hybridized carbons (Fsp3) is 0.433. The Morgan fingerprint density at radius 2 is 1.68 bits per heavy atom. The topological polar surface area (TPSA) is 103 Å². The lowest BCUT2D eigenvalue weighted by Crippen LogP contribution is -2.42. The van der Waals surface area contributed by atoms with Gasteiger partial charge in [-0.1, -0.05) is 25.0 Å². The van der Waals surface area contributed by atoms with Gasteiger partial charge in [0.05, 0.1) is 28.1 Å². The molecule has 41 heavy (non-hydrogen) atoms. The lowest BCUT2D eigenvalue weighted by atomic mass is 9.76. The summed E-state index contributed by atoms with van der Waals surface area (Å²) in [6.07, 6.45) is 4.55. The number of thiazole rings is 1. The van der Waals surface area contributed by atoms with Crippen LogP contribution < -0.4 is 10.2 Å². The quantitative estimate of drug-likeness (QED) is 0.407. The predicted molar refractivity (Wildman–Crippen MR) is 154 cm³/mol. The van der Waals surface area contributed by atoms with Crippen LogP contribution in [0.1, 0.15) is 50.1 Å². The van der Waals surface area contributed by atoms with Crippen molar-refractivity contribution in [3.05, 3.63) is 59.8 Å². The molecule has 0 bridgehead atoms. The number of carbonyl (C=O) groups is 1. The van der Waals surface area contributed by atoms with Crippen LogP contribution in [0, 0.1) is 28.9 Å². The number of halogens is 2. The minimum atomic E-state index is -3.00. The summed E-state index contributed by atoms with van der Waals surface area (Å²) >= 11 is 1.34. The number of anilines is 1. The van der Waals surface area contributed by atoms with E-state index in [0.717, 1.165) is 47.2 Å². The first-order valence-corrected chi connectivity index (χ1v) is 16.6. The van der Waals surface area contributed by atoms with E-state index in [1.165, 1.54) is 23.5 Å². The zero-order valence-electron chi connectivity index (χ0n) is 22.4. The van der Waals surface area contributed by atoms with Crippen molar-refractivity contribution in [2.45, 2.75) is 50.0 Å². The van der Waals surface area contributed by atoms with E-state index < -0.39 is 27.0 Å². The average molecular weight is 597 g/mol. The number of benzene rings is 2. The molecule has 2 heterocycles. The molecule has 2 atom stereocenters. The van der Waals surface area contributed by atoms with Crippen LogP contribution in [0.25, 0.3) is 21.0 Å². The molecule has 3 aliphatic rings. The van der Waals surface area contributed by atoms with Gasteiger partial charge in [-0.3, -0.25) is 4.79 Å².